The Kier molecular flexibility index (Phi) is 3.68. The molecule has 0 N–H and O–H groups in total. The molecule has 1 aromatic rings. The average molecular weight is 221 g/mol. The van der Waals surface area contributed by atoms with Gasteiger partial charge in [0.25, 0.3) is 0 Å². The Balaban J connectivity index is 3.13. The van der Waals surface area contributed by atoms with Gasteiger partial charge in [0, 0.05) is 5.69 Å². The van der Waals surface area contributed by atoms with Crippen molar-refractivity contribution in [2.75, 3.05) is 7.11 Å². The normalized spacial score (nSPS) is 11.6. The molecule has 88 valence electrons. The molecule has 0 saturated heterocycles. The first kappa shape index (κ1) is 12.7. The van der Waals surface area contributed by atoms with Crippen molar-refractivity contribution >= 4 is 5.97 Å². The van der Waals surface area contributed by atoms with Crippen molar-refractivity contribution in [1.82, 2.24) is 4.98 Å². The number of ether oxygens (including phenoxy) is 1. The van der Waals surface area contributed by atoms with Gasteiger partial charge in [-0.05, 0) is 31.9 Å². The number of hydrogen-bond donors (Lipinski definition) is 0. The maximum atomic E-state index is 11.7. The number of rotatable bonds is 3. The minimum Gasteiger partial charge on any atom is -0.468 e. The van der Waals surface area contributed by atoms with Crippen LogP contribution in [-0.4, -0.2) is 18.1 Å². The Hall–Kier alpha value is -1.38. The van der Waals surface area contributed by atoms with Crippen LogP contribution in [0.3, 0.4) is 0 Å². The van der Waals surface area contributed by atoms with E-state index in [1.54, 1.807) is 0 Å². The Labute approximate surface area is 96.8 Å². The van der Waals surface area contributed by atoms with E-state index in [4.69, 9.17) is 4.74 Å². The lowest BCUT2D eigenvalue weighted by atomic mass is 9.88. The molecule has 0 saturated carbocycles. The smallest absolute Gasteiger partial charge is 0.317 e. The summed E-state index contributed by atoms with van der Waals surface area (Å²) in [5.41, 5.74) is 1.06. The van der Waals surface area contributed by atoms with Gasteiger partial charge in [0.2, 0.25) is 0 Å². The minimum absolute atomic E-state index is 0.263. The van der Waals surface area contributed by atoms with Gasteiger partial charge in [-0.15, -0.1) is 0 Å². The number of aromatic nitrogens is 1. The van der Waals surface area contributed by atoms with Crippen LogP contribution >= 0.6 is 0 Å². The highest BCUT2D eigenvalue weighted by Gasteiger charge is 2.32. The summed E-state index contributed by atoms with van der Waals surface area (Å²) in [5.74, 6) is 0.0919. The van der Waals surface area contributed by atoms with Crippen LogP contribution in [0.25, 0.3) is 0 Å². The quantitative estimate of drug-likeness (QED) is 0.737. The minimum atomic E-state index is -0.695. The van der Waals surface area contributed by atoms with Gasteiger partial charge in [0.05, 0.1) is 12.8 Å². The number of nitrogens with zero attached hydrogens (tertiary/aromatic N) is 1. The van der Waals surface area contributed by atoms with Crippen molar-refractivity contribution in [2.24, 2.45) is 0 Å². The monoisotopic (exact) mass is 221 g/mol. The number of esters is 1. The standard InChI is InChI=1S/C13H19NO2/c1-9(2)10-7-6-8-11(14-10)13(3,4)12(15)16-5/h6-9H,1-5H3. The van der Waals surface area contributed by atoms with Crippen molar-refractivity contribution in [3.8, 4) is 0 Å². The molecule has 1 heterocycles. The van der Waals surface area contributed by atoms with E-state index in [0.717, 1.165) is 11.4 Å². The zero-order valence-electron chi connectivity index (χ0n) is 10.6. The van der Waals surface area contributed by atoms with E-state index in [9.17, 15) is 4.79 Å². The summed E-state index contributed by atoms with van der Waals surface area (Å²) in [6.45, 7) is 7.81. The van der Waals surface area contributed by atoms with Crippen molar-refractivity contribution < 1.29 is 9.53 Å². The van der Waals surface area contributed by atoms with Crippen LogP contribution in [0.1, 0.15) is 45.0 Å². The maximum absolute atomic E-state index is 11.7. The highest BCUT2D eigenvalue weighted by atomic mass is 16.5. The number of hydrogen-bond acceptors (Lipinski definition) is 3. The maximum Gasteiger partial charge on any atom is 0.317 e. The molecule has 0 aliphatic heterocycles. The molecule has 1 aromatic heterocycles. The molecular weight excluding hydrogens is 202 g/mol. The summed E-state index contributed by atoms with van der Waals surface area (Å²) < 4.78 is 4.79. The van der Waals surface area contributed by atoms with Gasteiger partial charge in [0.15, 0.2) is 0 Å². The molecule has 0 amide bonds. The van der Waals surface area contributed by atoms with E-state index in [0.29, 0.717) is 5.92 Å². The third-order valence-corrected chi connectivity index (χ3v) is 2.70. The summed E-state index contributed by atoms with van der Waals surface area (Å²) in [7, 11) is 1.40. The van der Waals surface area contributed by atoms with Crippen LogP contribution < -0.4 is 0 Å². The van der Waals surface area contributed by atoms with Gasteiger partial charge in [-0.2, -0.15) is 0 Å². The largest absolute Gasteiger partial charge is 0.468 e. The molecule has 0 aliphatic rings. The molecule has 0 fully saturated rings. The van der Waals surface area contributed by atoms with E-state index < -0.39 is 5.41 Å². The van der Waals surface area contributed by atoms with Gasteiger partial charge >= 0.3 is 5.97 Å². The lowest BCUT2D eigenvalue weighted by molar-refractivity contribution is -0.146. The molecule has 0 unspecified atom stereocenters. The molecule has 0 aliphatic carbocycles. The molecule has 0 spiro atoms. The molecule has 0 aromatic carbocycles. The third-order valence-electron chi connectivity index (χ3n) is 2.70. The molecule has 16 heavy (non-hydrogen) atoms. The topological polar surface area (TPSA) is 39.2 Å². The number of methoxy groups -OCH3 is 1. The second-order valence-electron chi connectivity index (χ2n) is 4.72. The Morgan fingerprint density at radius 3 is 2.50 bits per heavy atom. The lowest BCUT2D eigenvalue weighted by Gasteiger charge is -2.21. The second kappa shape index (κ2) is 4.64. The first-order valence-corrected chi connectivity index (χ1v) is 5.45. The Bertz CT molecular complexity index is 383. The van der Waals surface area contributed by atoms with Gasteiger partial charge in [0.1, 0.15) is 5.41 Å². The summed E-state index contributed by atoms with van der Waals surface area (Å²) in [4.78, 5) is 16.2. The van der Waals surface area contributed by atoms with Gasteiger partial charge in [-0.25, -0.2) is 0 Å². The number of pyridine rings is 1. The van der Waals surface area contributed by atoms with Crippen LogP contribution in [0.2, 0.25) is 0 Å². The first-order chi connectivity index (χ1) is 7.39. The number of carbonyl (C=O) groups is 1. The van der Waals surface area contributed by atoms with Crippen LogP contribution in [0, 0.1) is 0 Å². The van der Waals surface area contributed by atoms with E-state index >= 15 is 0 Å². The van der Waals surface area contributed by atoms with Crippen LogP contribution in [0.15, 0.2) is 18.2 Å². The molecular formula is C13H19NO2. The predicted molar refractivity (Wildman–Crippen MR) is 63.4 cm³/mol. The fraction of sp³-hybridized carbons (Fsp3) is 0.538. The molecule has 3 heteroatoms. The fourth-order valence-corrected chi connectivity index (χ4v) is 1.48. The zero-order chi connectivity index (χ0) is 12.3. The van der Waals surface area contributed by atoms with Crippen molar-refractivity contribution in [1.29, 1.82) is 0 Å². The van der Waals surface area contributed by atoms with Crippen molar-refractivity contribution in [3.05, 3.63) is 29.6 Å². The van der Waals surface area contributed by atoms with Gasteiger partial charge < -0.3 is 4.74 Å². The van der Waals surface area contributed by atoms with E-state index in [-0.39, 0.29) is 5.97 Å². The first-order valence-electron chi connectivity index (χ1n) is 5.45. The van der Waals surface area contributed by atoms with E-state index in [1.165, 1.54) is 7.11 Å². The Morgan fingerprint density at radius 1 is 1.38 bits per heavy atom. The Morgan fingerprint density at radius 2 is 2.00 bits per heavy atom. The fourth-order valence-electron chi connectivity index (χ4n) is 1.48. The van der Waals surface area contributed by atoms with E-state index in [1.807, 2.05) is 32.0 Å². The van der Waals surface area contributed by atoms with Gasteiger partial charge in [-0.1, -0.05) is 19.9 Å². The predicted octanol–water partition coefficient (Wildman–Crippen LogP) is 2.66. The van der Waals surface area contributed by atoms with Crippen molar-refractivity contribution in [3.63, 3.8) is 0 Å². The summed E-state index contributed by atoms with van der Waals surface area (Å²) in [6.07, 6.45) is 0. The SMILES string of the molecule is COC(=O)C(C)(C)c1cccc(C(C)C)n1. The molecule has 3 nitrogen and oxygen atoms in total. The van der Waals surface area contributed by atoms with Crippen LogP contribution in [0.4, 0.5) is 0 Å². The summed E-state index contributed by atoms with van der Waals surface area (Å²) >= 11 is 0. The summed E-state index contributed by atoms with van der Waals surface area (Å²) in [5, 5.41) is 0. The molecule has 0 atom stereocenters. The third kappa shape index (κ3) is 2.40. The van der Waals surface area contributed by atoms with Gasteiger partial charge in [-0.3, -0.25) is 9.78 Å². The molecule has 0 bridgehead atoms. The lowest BCUT2D eigenvalue weighted by Crippen LogP contribution is -2.31. The molecule has 0 radical (unpaired) electrons. The highest BCUT2D eigenvalue weighted by molar-refractivity contribution is 5.81. The average Bonchev–Trinajstić information content (AvgIpc) is 2.28. The second-order valence-corrected chi connectivity index (χ2v) is 4.72. The van der Waals surface area contributed by atoms with Crippen molar-refractivity contribution in [2.45, 2.75) is 39.0 Å². The zero-order valence-corrected chi connectivity index (χ0v) is 10.6. The van der Waals surface area contributed by atoms with Crippen LogP contribution in [0.5, 0.6) is 0 Å². The summed E-state index contributed by atoms with van der Waals surface area (Å²) in [6, 6.07) is 5.77. The molecule has 1 rings (SSSR count). The van der Waals surface area contributed by atoms with Crippen LogP contribution in [-0.2, 0) is 14.9 Å². The van der Waals surface area contributed by atoms with E-state index in [2.05, 4.69) is 18.8 Å². The highest BCUT2D eigenvalue weighted by Crippen LogP contribution is 2.24. The number of carbonyl (C=O) groups excluding carboxylic acids is 1.